The molecule has 0 fully saturated rings. The summed E-state index contributed by atoms with van der Waals surface area (Å²) >= 11 is 0. The van der Waals surface area contributed by atoms with E-state index >= 15 is 0 Å². The predicted octanol–water partition coefficient (Wildman–Crippen LogP) is 4.02. The summed E-state index contributed by atoms with van der Waals surface area (Å²) in [4.78, 5) is 27.4. The minimum absolute atomic E-state index is 0.152. The number of hydrogen-bond acceptors (Lipinski definition) is 3. The van der Waals surface area contributed by atoms with Gasteiger partial charge < -0.3 is 15.0 Å². The van der Waals surface area contributed by atoms with Gasteiger partial charge in [-0.3, -0.25) is 9.59 Å². The summed E-state index contributed by atoms with van der Waals surface area (Å²) in [7, 11) is 1.55. The maximum atomic E-state index is 14.1. The van der Waals surface area contributed by atoms with Crippen molar-refractivity contribution in [2.24, 2.45) is 0 Å². The third-order valence-corrected chi connectivity index (χ3v) is 4.92. The zero-order valence-corrected chi connectivity index (χ0v) is 15.8. The summed E-state index contributed by atoms with van der Waals surface area (Å²) in [6, 6.07) is 19.6. The van der Waals surface area contributed by atoms with Gasteiger partial charge in [0.15, 0.2) is 0 Å². The van der Waals surface area contributed by atoms with Crippen molar-refractivity contribution in [3.8, 4) is 5.75 Å². The highest BCUT2D eigenvalue weighted by molar-refractivity contribution is 6.01. The van der Waals surface area contributed by atoms with E-state index in [1.165, 1.54) is 23.1 Å². The zero-order chi connectivity index (χ0) is 20.4. The molecule has 3 aromatic rings. The van der Waals surface area contributed by atoms with Gasteiger partial charge in [-0.2, -0.15) is 0 Å². The van der Waals surface area contributed by atoms with Crippen LogP contribution in [0.1, 0.15) is 27.5 Å². The van der Waals surface area contributed by atoms with E-state index in [0.717, 1.165) is 5.56 Å². The van der Waals surface area contributed by atoms with Gasteiger partial charge in [-0.15, -0.1) is 0 Å². The molecule has 6 heteroatoms. The van der Waals surface area contributed by atoms with Crippen molar-refractivity contribution in [3.05, 3.63) is 95.3 Å². The number of nitrogens with zero attached hydrogens (tertiary/aromatic N) is 1. The van der Waals surface area contributed by atoms with Crippen LogP contribution in [-0.2, 0) is 4.79 Å². The molecule has 5 nitrogen and oxygen atoms in total. The van der Waals surface area contributed by atoms with E-state index in [0.29, 0.717) is 22.6 Å². The fourth-order valence-electron chi connectivity index (χ4n) is 3.56. The largest absolute Gasteiger partial charge is 0.497 e. The Bertz CT molecular complexity index is 1050. The second kappa shape index (κ2) is 7.75. The topological polar surface area (TPSA) is 58.6 Å². The summed E-state index contributed by atoms with van der Waals surface area (Å²) in [5, 5.41) is 2.78. The molecular weight excluding hydrogens is 371 g/mol. The third-order valence-electron chi connectivity index (χ3n) is 4.92. The molecule has 0 spiro atoms. The van der Waals surface area contributed by atoms with Gasteiger partial charge in [0.1, 0.15) is 18.1 Å². The second-order valence-corrected chi connectivity index (χ2v) is 6.75. The number of fused-ring (bicyclic) bond motifs is 1. The van der Waals surface area contributed by atoms with E-state index in [2.05, 4.69) is 5.32 Å². The van der Waals surface area contributed by atoms with Crippen LogP contribution in [0, 0.1) is 5.82 Å². The molecule has 0 unspecified atom stereocenters. The summed E-state index contributed by atoms with van der Waals surface area (Å²) in [5.41, 5.74) is 2.23. The van der Waals surface area contributed by atoms with Gasteiger partial charge in [0.25, 0.3) is 5.91 Å². The lowest BCUT2D eigenvalue weighted by Crippen LogP contribution is -2.39. The molecule has 4 rings (SSSR count). The maximum absolute atomic E-state index is 14.1. The quantitative estimate of drug-likeness (QED) is 0.735. The van der Waals surface area contributed by atoms with E-state index in [4.69, 9.17) is 4.74 Å². The Labute approximate surface area is 167 Å². The summed E-state index contributed by atoms with van der Waals surface area (Å²) < 4.78 is 19.3. The molecule has 2 amide bonds. The summed E-state index contributed by atoms with van der Waals surface area (Å²) in [6.07, 6.45) is 0. The number of anilines is 1. The number of carbonyl (C=O) groups is 2. The molecule has 1 aliphatic heterocycles. The van der Waals surface area contributed by atoms with Crippen LogP contribution in [-0.4, -0.2) is 30.4 Å². The molecule has 0 saturated heterocycles. The van der Waals surface area contributed by atoms with Crippen LogP contribution in [0.3, 0.4) is 0 Å². The van der Waals surface area contributed by atoms with Gasteiger partial charge in [0, 0.05) is 16.8 Å². The van der Waals surface area contributed by atoms with Crippen molar-refractivity contribution in [2.45, 2.75) is 6.04 Å². The van der Waals surface area contributed by atoms with Crippen LogP contribution in [0.2, 0.25) is 0 Å². The fraction of sp³-hybridized carbons (Fsp3) is 0.130. The van der Waals surface area contributed by atoms with Crippen molar-refractivity contribution >= 4 is 17.5 Å². The number of hydrogen-bond donors (Lipinski definition) is 1. The molecule has 1 heterocycles. The lowest BCUT2D eigenvalue weighted by atomic mass is 9.95. The first-order chi connectivity index (χ1) is 14.1. The van der Waals surface area contributed by atoms with Crippen LogP contribution < -0.4 is 10.1 Å². The minimum atomic E-state index is -0.615. The highest BCUT2D eigenvalue weighted by atomic mass is 19.1. The Kier molecular flexibility index (Phi) is 4.99. The molecule has 1 aliphatic rings. The monoisotopic (exact) mass is 390 g/mol. The number of benzene rings is 3. The average Bonchev–Trinajstić information content (AvgIpc) is 2.89. The predicted molar refractivity (Wildman–Crippen MR) is 107 cm³/mol. The van der Waals surface area contributed by atoms with Gasteiger partial charge >= 0.3 is 0 Å². The van der Waals surface area contributed by atoms with Gasteiger partial charge in [0.05, 0.1) is 13.2 Å². The molecular formula is C23H19FN2O3. The molecule has 0 radical (unpaired) electrons. The van der Waals surface area contributed by atoms with Gasteiger partial charge in [-0.25, -0.2) is 4.39 Å². The lowest BCUT2D eigenvalue weighted by molar-refractivity contribution is -0.117. The minimum Gasteiger partial charge on any atom is -0.497 e. The number of halogens is 1. The van der Waals surface area contributed by atoms with Crippen LogP contribution >= 0.6 is 0 Å². The van der Waals surface area contributed by atoms with Crippen LogP contribution in [0.25, 0.3) is 0 Å². The zero-order valence-electron chi connectivity index (χ0n) is 15.8. The third kappa shape index (κ3) is 3.69. The van der Waals surface area contributed by atoms with Crippen molar-refractivity contribution in [3.63, 3.8) is 0 Å². The van der Waals surface area contributed by atoms with Gasteiger partial charge in [-0.05, 0) is 48.0 Å². The van der Waals surface area contributed by atoms with E-state index in [1.807, 2.05) is 30.3 Å². The van der Waals surface area contributed by atoms with Crippen molar-refractivity contribution in [1.29, 1.82) is 0 Å². The average molecular weight is 390 g/mol. The summed E-state index contributed by atoms with van der Waals surface area (Å²) in [5.74, 6) is -0.466. The molecule has 146 valence electrons. The Morgan fingerprint density at radius 1 is 1.07 bits per heavy atom. The first-order valence-electron chi connectivity index (χ1n) is 9.16. The van der Waals surface area contributed by atoms with Crippen LogP contribution in [0.5, 0.6) is 5.75 Å². The van der Waals surface area contributed by atoms with E-state index in [9.17, 15) is 14.0 Å². The molecule has 0 aliphatic carbocycles. The Morgan fingerprint density at radius 2 is 1.79 bits per heavy atom. The first-order valence-corrected chi connectivity index (χ1v) is 9.16. The summed E-state index contributed by atoms with van der Waals surface area (Å²) in [6.45, 7) is -0.152. The molecule has 0 saturated carbocycles. The number of rotatable bonds is 3. The van der Waals surface area contributed by atoms with Crippen LogP contribution in [0.4, 0.5) is 10.1 Å². The second-order valence-electron chi connectivity index (χ2n) is 6.75. The smallest absolute Gasteiger partial charge is 0.255 e. The Hall–Kier alpha value is -3.67. The van der Waals surface area contributed by atoms with Crippen molar-refractivity contribution in [1.82, 2.24) is 4.90 Å². The molecule has 1 atom stereocenters. The standard InChI is InChI=1S/C23H19FN2O3/c1-29-18-10-7-16(8-11-18)23(28)26-14-21(27)25-20-12-9-17(24)13-19(20)22(26)15-5-3-2-4-6-15/h2-13,22H,14H2,1H3,(H,25,27)/t22-/m0/s1. The van der Waals surface area contributed by atoms with Gasteiger partial charge in [0.2, 0.25) is 5.91 Å². The maximum Gasteiger partial charge on any atom is 0.255 e. The molecule has 3 aromatic carbocycles. The first kappa shape index (κ1) is 18.7. The normalized spacial score (nSPS) is 15.9. The highest BCUT2D eigenvalue weighted by Crippen LogP contribution is 2.37. The van der Waals surface area contributed by atoms with Crippen molar-refractivity contribution in [2.75, 3.05) is 19.0 Å². The number of nitrogens with one attached hydrogen (secondary N) is 1. The number of amides is 2. The molecule has 0 bridgehead atoms. The van der Waals surface area contributed by atoms with Crippen molar-refractivity contribution < 1.29 is 18.7 Å². The Balaban J connectivity index is 1.85. The fourth-order valence-corrected chi connectivity index (χ4v) is 3.56. The van der Waals surface area contributed by atoms with E-state index in [-0.39, 0.29) is 18.4 Å². The molecule has 29 heavy (non-hydrogen) atoms. The SMILES string of the molecule is COc1ccc(C(=O)N2CC(=O)Nc3ccc(F)cc3[C@@H]2c2ccccc2)cc1. The van der Waals surface area contributed by atoms with E-state index in [1.54, 1.807) is 31.4 Å². The van der Waals surface area contributed by atoms with Crippen LogP contribution in [0.15, 0.2) is 72.8 Å². The molecule has 0 aromatic heterocycles. The number of carbonyl (C=O) groups excluding carboxylic acids is 2. The van der Waals surface area contributed by atoms with E-state index < -0.39 is 11.9 Å². The Morgan fingerprint density at radius 3 is 2.48 bits per heavy atom. The highest BCUT2D eigenvalue weighted by Gasteiger charge is 2.34. The lowest BCUT2D eigenvalue weighted by Gasteiger charge is -2.30. The van der Waals surface area contributed by atoms with Gasteiger partial charge in [-0.1, -0.05) is 30.3 Å². The molecule has 1 N–H and O–H groups in total. The number of methoxy groups -OCH3 is 1. The number of ether oxygens (including phenoxy) is 1.